The zero-order chi connectivity index (χ0) is 19.6. The quantitative estimate of drug-likeness (QED) is 0.862. The molecule has 1 N–H and O–H groups in total. The third kappa shape index (κ3) is 5.40. The van der Waals surface area contributed by atoms with E-state index in [1.165, 1.54) is 12.1 Å². The molecule has 1 aromatic carbocycles. The molecule has 1 fully saturated rings. The third-order valence-electron chi connectivity index (χ3n) is 4.07. The molecule has 2 aromatic rings. The number of H-pyrrole nitrogens is 1. The van der Waals surface area contributed by atoms with E-state index in [0.29, 0.717) is 55.0 Å². The molecule has 27 heavy (non-hydrogen) atoms. The van der Waals surface area contributed by atoms with Gasteiger partial charge in [0.2, 0.25) is 0 Å². The molecule has 0 atom stereocenters. The van der Waals surface area contributed by atoms with E-state index in [4.69, 9.17) is 16.3 Å². The number of piperazine rings is 1. The summed E-state index contributed by atoms with van der Waals surface area (Å²) in [4.78, 5) is 19.1. The van der Waals surface area contributed by atoms with Crippen LogP contribution in [0.1, 0.15) is 26.6 Å². The van der Waals surface area contributed by atoms with Crippen LogP contribution in [0.25, 0.3) is 11.4 Å². The first-order valence-electron chi connectivity index (χ1n) is 8.78. The van der Waals surface area contributed by atoms with Crippen LogP contribution in [0.15, 0.2) is 18.2 Å². The summed E-state index contributed by atoms with van der Waals surface area (Å²) in [5.41, 5.74) is 0.0538. The summed E-state index contributed by atoms with van der Waals surface area (Å²) in [5.74, 6) is 0.726. The number of rotatable bonds is 3. The van der Waals surface area contributed by atoms with Crippen molar-refractivity contribution >= 4 is 17.7 Å². The smallest absolute Gasteiger partial charge is 0.410 e. The molecule has 0 spiro atoms. The Morgan fingerprint density at radius 1 is 1.22 bits per heavy atom. The van der Waals surface area contributed by atoms with Gasteiger partial charge in [-0.1, -0.05) is 11.6 Å². The Morgan fingerprint density at radius 3 is 2.56 bits per heavy atom. The standard InChI is InChI=1S/C18H23ClFN5O2/c1-18(2,3)27-17(26)25-6-4-24(5-7-25)11-15-21-16(23-22-15)12-8-13(19)10-14(20)9-12/h8-10H,4-7,11H2,1-3H3,(H,21,22,23). The lowest BCUT2D eigenvalue weighted by Crippen LogP contribution is -2.49. The van der Waals surface area contributed by atoms with Crippen LogP contribution in [0.4, 0.5) is 9.18 Å². The fourth-order valence-electron chi connectivity index (χ4n) is 2.82. The molecule has 3 rings (SSSR count). The van der Waals surface area contributed by atoms with Crippen LogP contribution in [0.2, 0.25) is 5.02 Å². The fourth-order valence-corrected chi connectivity index (χ4v) is 3.04. The molecule has 7 nitrogen and oxygen atoms in total. The maximum Gasteiger partial charge on any atom is 0.410 e. The Hall–Kier alpha value is -2.19. The van der Waals surface area contributed by atoms with Gasteiger partial charge in [0, 0.05) is 36.8 Å². The van der Waals surface area contributed by atoms with E-state index in [9.17, 15) is 9.18 Å². The van der Waals surface area contributed by atoms with Crippen molar-refractivity contribution in [3.8, 4) is 11.4 Å². The van der Waals surface area contributed by atoms with E-state index in [1.807, 2.05) is 20.8 Å². The molecule has 0 saturated carbocycles. The maximum absolute atomic E-state index is 13.5. The van der Waals surface area contributed by atoms with Crippen molar-refractivity contribution in [2.24, 2.45) is 0 Å². The van der Waals surface area contributed by atoms with Crippen LogP contribution in [-0.4, -0.2) is 62.9 Å². The third-order valence-corrected chi connectivity index (χ3v) is 4.28. The zero-order valence-electron chi connectivity index (χ0n) is 15.6. The molecule has 2 heterocycles. The SMILES string of the molecule is CC(C)(C)OC(=O)N1CCN(Cc2nnc(-c3cc(F)cc(Cl)c3)[nH]2)CC1. The lowest BCUT2D eigenvalue weighted by atomic mass is 10.2. The van der Waals surface area contributed by atoms with Crippen molar-refractivity contribution in [2.75, 3.05) is 26.2 Å². The first-order valence-corrected chi connectivity index (χ1v) is 9.16. The molecular formula is C18H23ClFN5O2. The Labute approximate surface area is 162 Å². The van der Waals surface area contributed by atoms with Crippen LogP contribution < -0.4 is 0 Å². The monoisotopic (exact) mass is 395 g/mol. The summed E-state index contributed by atoms with van der Waals surface area (Å²) in [6.45, 7) is 8.74. The van der Waals surface area contributed by atoms with Gasteiger partial charge in [0.15, 0.2) is 5.82 Å². The normalized spacial score (nSPS) is 15.8. The molecule has 1 aliphatic rings. The number of halogens is 2. The molecule has 0 radical (unpaired) electrons. The number of carbonyl (C=O) groups is 1. The first kappa shape index (κ1) is 19.6. The second-order valence-electron chi connectivity index (χ2n) is 7.52. The van der Waals surface area contributed by atoms with Crippen molar-refractivity contribution < 1.29 is 13.9 Å². The van der Waals surface area contributed by atoms with Gasteiger partial charge in [-0.2, -0.15) is 0 Å². The van der Waals surface area contributed by atoms with Crippen molar-refractivity contribution in [2.45, 2.75) is 32.9 Å². The highest BCUT2D eigenvalue weighted by atomic mass is 35.5. The van der Waals surface area contributed by atoms with Gasteiger partial charge in [0.05, 0.1) is 6.54 Å². The summed E-state index contributed by atoms with van der Waals surface area (Å²) in [6.07, 6.45) is -0.285. The van der Waals surface area contributed by atoms with E-state index in [0.717, 1.165) is 0 Å². The molecule has 1 aromatic heterocycles. The van der Waals surface area contributed by atoms with Gasteiger partial charge in [-0.05, 0) is 39.0 Å². The highest BCUT2D eigenvalue weighted by molar-refractivity contribution is 6.30. The van der Waals surface area contributed by atoms with Gasteiger partial charge < -0.3 is 14.6 Å². The largest absolute Gasteiger partial charge is 0.444 e. The van der Waals surface area contributed by atoms with Gasteiger partial charge in [0.1, 0.15) is 17.2 Å². The van der Waals surface area contributed by atoms with Crippen LogP contribution >= 0.6 is 11.6 Å². The molecule has 0 unspecified atom stereocenters. The number of hydrogen-bond donors (Lipinski definition) is 1. The minimum atomic E-state index is -0.496. The number of benzene rings is 1. The Kier molecular flexibility index (Phi) is 5.67. The summed E-state index contributed by atoms with van der Waals surface area (Å²) >= 11 is 5.89. The van der Waals surface area contributed by atoms with Crippen LogP contribution in [0.3, 0.4) is 0 Å². The van der Waals surface area contributed by atoms with Crippen molar-refractivity contribution in [1.82, 2.24) is 25.0 Å². The number of aromatic nitrogens is 3. The summed E-state index contributed by atoms with van der Waals surface area (Å²) in [6, 6.07) is 4.23. The Morgan fingerprint density at radius 2 is 1.93 bits per heavy atom. The summed E-state index contributed by atoms with van der Waals surface area (Å²) in [7, 11) is 0. The number of nitrogens with zero attached hydrogens (tertiary/aromatic N) is 4. The molecule has 1 aliphatic heterocycles. The lowest BCUT2D eigenvalue weighted by molar-refractivity contribution is 0.0137. The molecule has 0 aliphatic carbocycles. The van der Waals surface area contributed by atoms with Crippen LogP contribution in [-0.2, 0) is 11.3 Å². The predicted molar refractivity (Wildman–Crippen MR) is 99.9 cm³/mol. The van der Waals surface area contributed by atoms with E-state index < -0.39 is 11.4 Å². The highest BCUT2D eigenvalue weighted by Gasteiger charge is 2.26. The molecule has 9 heteroatoms. The van der Waals surface area contributed by atoms with Gasteiger partial charge in [-0.25, -0.2) is 9.18 Å². The maximum atomic E-state index is 13.5. The van der Waals surface area contributed by atoms with Crippen molar-refractivity contribution in [1.29, 1.82) is 0 Å². The highest BCUT2D eigenvalue weighted by Crippen LogP contribution is 2.22. The second kappa shape index (κ2) is 7.82. The van der Waals surface area contributed by atoms with E-state index in [2.05, 4.69) is 20.1 Å². The van der Waals surface area contributed by atoms with Gasteiger partial charge in [0.25, 0.3) is 0 Å². The average Bonchev–Trinajstić information content (AvgIpc) is 3.01. The van der Waals surface area contributed by atoms with Crippen molar-refractivity contribution in [3.05, 3.63) is 34.9 Å². The second-order valence-corrected chi connectivity index (χ2v) is 7.96. The fraction of sp³-hybridized carbons (Fsp3) is 0.500. The first-order chi connectivity index (χ1) is 12.7. The molecule has 0 bridgehead atoms. The topological polar surface area (TPSA) is 74.3 Å². The lowest BCUT2D eigenvalue weighted by Gasteiger charge is -2.35. The van der Waals surface area contributed by atoms with Gasteiger partial charge in [-0.3, -0.25) is 4.90 Å². The summed E-state index contributed by atoms with van der Waals surface area (Å²) in [5, 5.41) is 8.51. The molecular weight excluding hydrogens is 373 g/mol. The summed E-state index contributed by atoms with van der Waals surface area (Å²) < 4.78 is 18.9. The van der Waals surface area contributed by atoms with Crippen LogP contribution in [0.5, 0.6) is 0 Å². The van der Waals surface area contributed by atoms with Gasteiger partial charge in [-0.15, -0.1) is 10.2 Å². The van der Waals surface area contributed by atoms with Crippen LogP contribution in [0, 0.1) is 5.82 Å². The molecule has 1 saturated heterocycles. The number of aromatic amines is 1. The zero-order valence-corrected chi connectivity index (χ0v) is 16.4. The number of amides is 1. The van der Waals surface area contributed by atoms with Crippen molar-refractivity contribution in [3.63, 3.8) is 0 Å². The molecule has 1 amide bonds. The number of carbonyl (C=O) groups excluding carboxylic acids is 1. The number of ether oxygens (including phenoxy) is 1. The molecule has 146 valence electrons. The van der Waals surface area contributed by atoms with Gasteiger partial charge >= 0.3 is 6.09 Å². The number of hydrogen-bond acceptors (Lipinski definition) is 5. The van der Waals surface area contributed by atoms with E-state index in [1.54, 1.807) is 11.0 Å². The minimum absolute atomic E-state index is 0.285. The van der Waals surface area contributed by atoms with E-state index in [-0.39, 0.29) is 6.09 Å². The average molecular weight is 396 g/mol. The minimum Gasteiger partial charge on any atom is -0.444 e. The van der Waals surface area contributed by atoms with E-state index >= 15 is 0 Å². The number of nitrogens with one attached hydrogen (secondary N) is 1. The Bertz CT molecular complexity index is 792. The Balaban J connectivity index is 1.55. The predicted octanol–water partition coefficient (Wildman–Crippen LogP) is 3.32.